The Hall–Kier alpha value is -1.49. The zero-order valence-corrected chi connectivity index (χ0v) is 9.20. The van der Waals surface area contributed by atoms with Crippen LogP contribution in [0.2, 0.25) is 0 Å². The van der Waals surface area contributed by atoms with Crippen molar-refractivity contribution < 1.29 is 4.92 Å². The second kappa shape index (κ2) is 5.41. The average molecular weight is 224 g/mol. The summed E-state index contributed by atoms with van der Waals surface area (Å²) in [6, 6.07) is 5.04. The van der Waals surface area contributed by atoms with Crippen molar-refractivity contribution >= 4 is 30.1 Å². The molecular formula is C10H12N2O2S. The van der Waals surface area contributed by atoms with Crippen molar-refractivity contribution in [2.75, 3.05) is 18.1 Å². The minimum absolute atomic E-state index is 0.0822. The van der Waals surface area contributed by atoms with Gasteiger partial charge in [-0.1, -0.05) is 18.2 Å². The van der Waals surface area contributed by atoms with E-state index < -0.39 is 4.92 Å². The van der Waals surface area contributed by atoms with E-state index in [1.54, 1.807) is 19.2 Å². The number of rotatable bonds is 4. The Morgan fingerprint density at radius 1 is 1.60 bits per heavy atom. The summed E-state index contributed by atoms with van der Waals surface area (Å²) in [5.74, 6) is 0.613. The molecule has 0 heterocycles. The quantitative estimate of drug-likeness (QED) is 0.469. The topological polar surface area (TPSA) is 55.2 Å². The van der Waals surface area contributed by atoms with E-state index in [9.17, 15) is 10.1 Å². The number of nitro benzene ring substituents is 1. The molecule has 0 amide bonds. The van der Waals surface area contributed by atoms with Crippen LogP contribution in [0.25, 0.3) is 6.08 Å². The number of hydrogen-bond acceptors (Lipinski definition) is 4. The smallest absolute Gasteiger partial charge is 0.292 e. The van der Waals surface area contributed by atoms with Gasteiger partial charge in [-0.15, -0.1) is 0 Å². The fourth-order valence-electron chi connectivity index (χ4n) is 1.20. The number of anilines is 1. The van der Waals surface area contributed by atoms with E-state index in [0.29, 0.717) is 11.4 Å². The van der Waals surface area contributed by atoms with Crippen LogP contribution in [-0.4, -0.2) is 17.7 Å². The third-order valence-electron chi connectivity index (χ3n) is 1.90. The zero-order chi connectivity index (χ0) is 11.3. The van der Waals surface area contributed by atoms with Gasteiger partial charge in [0.25, 0.3) is 5.69 Å². The van der Waals surface area contributed by atoms with Gasteiger partial charge in [0, 0.05) is 18.9 Å². The summed E-state index contributed by atoms with van der Waals surface area (Å²) in [5.41, 5.74) is 1.40. The van der Waals surface area contributed by atoms with Crippen molar-refractivity contribution in [1.29, 1.82) is 0 Å². The van der Waals surface area contributed by atoms with Crippen LogP contribution in [0.5, 0.6) is 0 Å². The molecule has 0 atom stereocenters. The van der Waals surface area contributed by atoms with E-state index in [4.69, 9.17) is 0 Å². The van der Waals surface area contributed by atoms with Gasteiger partial charge >= 0.3 is 0 Å². The van der Waals surface area contributed by atoms with E-state index in [-0.39, 0.29) is 5.69 Å². The first-order valence-electron chi connectivity index (χ1n) is 4.42. The molecule has 0 saturated heterocycles. The lowest BCUT2D eigenvalue weighted by atomic mass is 10.1. The monoisotopic (exact) mass is 224 g/mol. The molecule has 0 unspecified atom stereocenters. The summed E-state index contributed by atoms with van der Waals surface area (Å²) < 4.78 is 0. The van der Waals surface area contributed by atoms with E-state index in [0.717, 1.165) is 5.56 Å². The van der Waals surface area contributed by atoms with Crippen LogP contribution in [0, 0.1) is 10.1 Å². The lowest BCUT2D eigenvalue weighted by Crippen LogP contribution is -1.96. The van der Waals surface area contributed by atoms with Gasteiger partial charge < -0.3 is 5.32 Å². The van der Waals surface area contributed by atoms with E-state index in [1.165, 1.54) is 6.07 Å². The molecule has 0 fully saturated rings. The van der Waals surface area contributed by atoms with E-state index in [1.807, 2.05) is 12.1 Å². The van der Waals surface area contributed by atoms with Crippen molar-refractivity contribution in [3.8, 4) is 0 Å². The second-order valence-corrected chi connectivity index (χ2v) is 3.23. The molecule has 80 valence electrons. The van der Waals surface area contributed by atoms with Crippen LogP contribution in [0.1, 0.15) is 5.56 Å². The normalized spacial score (nSPS) is 10.5. The SMILES string of the molecule is CNc1ccc(C=CCS)cc1[N+](=O)[O-]. The van der Waals surface area contributed by atoms with Gasteiger partial charge in [0.2, 0.25) is 0 Å². The third-order valence-corrected chi connectivity index (χ3v) is 2.11. The molecule has 0 bridgehead atoms. The van der Waals surface area contributed by atoms with Gasteiger partial charge in [-0.05, 0) is 11.6 Å². The number of nitrogens with zero attached hydrogens (tertiary/aromatic N) is 1. The highest BCUT2D eigenvalue weighted by Crippen LogP contribution is 2.25. The molecule has 1 aromatic rings. The predicted octanol–water partition coefficient (Wildman–Crippen LogP) is 2.58. The molecule has 0 aliphatic rings. The minimum atomic E-state index is -0.399. The van der Waals surface area contributed by atoms with Gasteiger partial charge in [-0.25, -0.2) is 0 Å². The Balaban J connectivity index is 3.10. The molecule has 1 N–H and O–H groups in total. The van der Waals surface area contributed by atoms with Crippen molar-refractivity contribution in [1.82, 2.24) is 0 Å². The zero-order valence-electron chi connectivity index (χ0n) is 8.30. The maximum absolute atomic E-state index is 10.7. The summed E-state index contributed by atoms with van der Waals surface area (Å²) >= 11 is 4.02. The van der Waals surface area contributed by atoms with Crippen LogP contribution >= 0.6 is 12.6 Å². The summed E-state index contributed by atoms with van der Waals surface area (Å²) in [4.78, 5) is 10.3. The van der Waals surface area contributed by atoms with Crippen LogP contribution in [0.3, 0.4) is 0 Å². The fraction of sp³-hybridized carbons (Fsp3) is 0.200. The number of thiol groups is 1. The Morgan fingerprint density at radius 2 is 2.33 bits per heavy atom. The van der Waals surface area contributed by atoms with E-state index in [2.05, 4.69) is 17.9 Å². The molecule has 0 aliphatic carbocycles. The summed E-state index contributed by atoms with van der Waals surface area (Å²) in [6.07, 6.45) is 3.64. The van der Waals surface area contributed by atoms with E-state index >= 15 is 0 Å². The van der Waals surface area contributed by atoms with Crippen molar-refractivity contribution in [2.45, 2.75) is 0 Å². The van der Waals surface area contributed by atoms with Crippen molar-refractivity contribution in [2.24, 2.45) is 0 Å². The molecule has 5 heteroatoms. The maximum Gasteiger partial charge on any atom is 0.292 e. The molecule has 0 aliphatic heterocycles. The summed E-state index contributed by atoms with van der Waals surface area (Å²) in [5, 5.41) is 13.5. The first-order chi connectivity index (χ1) is 7.19. The number of nitro groups is 1. The largest absolute Gasteiger partial charge is 0.383 e. The van der Waals surface area contributed by atoms with Crippen LogP contribution in [-0.2, 0) is 0 Å². The molecule has 4 nitrogen and oxygen atoms in total. The highest BCUT2D eigenvalue weighted by molar-refractivity contribution is 7.80. The molecule has 15 heavy (non-hydrogen) atoms. The Bertz CT molecular complexity index is 391. The molecule has 0 spiro atoms. The van der Waals surface area contributed by atoms with Gasteiger partial charge in [0.1, 0.15) is 5.69 Å². The van der Waals surface area contributed by atoms with Gasteiger partial charge in [0.05, 0.1) is 4.92 Å². The average Bonchev–Trinajstić information content (AvgIpc) is 2.25. The lowest BCUT2D eigenvalue weighted by Gasteiger charge is -2.02. The first kappa shape index (κ1) is 11.6. The fourth-order valence-corrected chi connectivity index (χ4v) is 1.31. The second-order valence-electron chi connectivity index (χ2n) is 2.87. The van der Waals surface area contributed by atoms with Crippen molar-refractivity contribution in [3.63, 3.8) is 0 Å². The van der Waals surface area contributed by atoms with Crippen molar-refractivity contribution in [3.05, 3.63) is 40.0 Å². The first-order valence-corrected chi connectivity index (χ1v) is 5.06. The molecule has 0 radical (unpaired) electrons. The van der Waals surface area contributed by atoms with Gasteiger partial charge in [-0.3, -0.25) is 10.1 Å². The van der Waals surface area contributed by atoms with Gasteiger partial charge in [-0.2, -0.15) is 12.6 Å². The molecule has 1 aromatic carbocycles. The standard InChI is InChI=1S/C10H12N2O2S/c1-11-9-5-4-8(3-2-6-15)7-10(9)12(13)14/h2-5,7,11,15H,6H2,1H3. The van der Waals surface area contributed by atoms with Crippen LogP contribution in [0.15, 0.2) is 24.3 Å². The molecule has 0 saturated carbocycles. The molecule has 1 rings (SSSR count). The van der Waals surface area contributed by atoms with Gasteiger partial charge in [0.15, 0.2) is 0 Å². The Kier molecular flexibility index (Phi) is 4.17. The highest BCUT2D eigenvalue weighted by Gasteiger charge is 2.11. The number of benzene rings is 1. The minimum Gasteiger partial charge on any atom is -0.383 e. The number of hydrogen-bond donors (Lipinski definition) is 2. The lowest BCUT2D eigenvalue weighted by molar-refractivity contribution is -0.383. The summed E-state index contributed by atoms with van der Waals surface area (Å²) in [7, 11) is 1.66. The summed E-state index contributed by atoms with van der Waals surface area (Å²) in [6.45, 7) is 0. The van der Waals surface area contributed by atoms with Crippen LogP contribution < -0.4 is 5.32 Å². The Labute approximate surface area is 93.6 Å². The highest BCUT2D eigenvalue weighted by atomic mass is 32.1. The Morgan fingerprint density at radius 3 is 2.87 bits per heavy atom. The predicted molar refractivity (Wildman–Crippen MR) is 65.5 cm³/mol. The number of nitrogens with one attached hydrogen (secondary N) is 1. The molecule has 0 aromatic heterocycles. The third kappa shape index (κ3) is 2.99. The molecular weight excluding hydrogens is 212 g/mol. The van der Waals surface area contributed by atoms with Crippen LogP contribution in [0.4, 0.5) is 11.4 Å². The maximum atomic E-state index is 10.7.